The summed E-state index contributed by atoms with van der Waals surface area (Å²) in [6.45, 7) is 0.531. The van der Waals surface area contributed by atoms with E-state index < -0.39 is 0 Å². The molecule has 5 nitrogen and oxygen atoms in total. The van der Waals surface area contributed by atoms with Crippen molar-refractivity contribution in [3.8, 4) is 0 Å². The van der Waals surface area contributed by atoms with Crippen LogP contribution >= 0.6 is 11.7 Å². The van der Waals surface area contributed by atoms with Gasteiger partial charge in [-0.3, -0.25) is 4.79 Å². The minimum absolute atomic E-state index is 0.00148. The maximum absolute atomic E-state index is 11.8. The van der Waals surface area contributed by atoms with Crippen LogP contribution in [0.15, 0.2) is 36.5 Å². The Hall–Kier alpha value is -1.79. The summed E-state index contributed by atoms with van der Waals surface area (Å²) in [7, 11) is 0. The van der Waals surface area contributed by atoms with E-state index in [1.165, 1.54) is 6.20 Å². The summed E-state index contributed by atoms with van der Waals surface area (Å²) in [5.74, 6) is -0.196. The van der Waals surface area contributed by atoms with Crippen molar-refractivity contribution in [2.45, 2.75) is 12.1 Å². The molecule has 92 valence electrons. The number of benzene rings is 1. The van der Waals surface area contributed by atoms with Crippen molar-refractivity contribution in [1.29, 1.82) is 0 Å². The van der Waals surface area contributed by atoms with Gasteiger partial charge in [0.1, 0.15) is 6.10 Å². The van der Waals surface area contributed by atoms with E-state index in [-0.39, 0.29) is 18.1 Å². The molecule has 1 amide bonds. The van der Waals surface area contributed by atoms with Crippen molar-refractivity contribution in [3.05, 3.63) is 47.8 Å². The van der Waals surface area contributed by atoms with Crippen molar-refractivity contribution in [3.63, 3.8) is 0 Å². The Morgan fingerprint density at radius 2 is 2.22 bits per heavy atom. The molecule has 1 fully saturated rings. The normalized spacial score (nSPS) is 22.2. The van der Waals surface area contributed by atoms with E-state index in [4.69, 9.17) is 4.74 Å². The van der Waals surface area contributed by atoms with Crippen molar-refractivity contribution in [2.75, 3.05) is 6.61 Å². The third kappa shape index (κ3) is 2.12. The van der Waals surface area contributed by atoms with E-state index in [0.717, 1.165) is 17.3 Å². The summed E-state index contributed by atoms with van der Waals surface area (Å²) in [5, 5.41) is 2.91. The molecule has 18 heavy (non-hydrogen) atoms. The largest absolute Gasteiger partial charge is 0.369 e. The van der Waals surface area contributed by atoms with Gasteiger partial charge in [0, 0.05) is 0 Å². The molecule has 1 saturated heterocycles. The average molecular weight is 261 g/mol. The van der Waals surface area contributed by atoms with Gasteiger partial charge in [0.15, 0.2) is 5.69 Å². The highest BCUT2D eigenvalue weighted by Gasteiger charge is 2.34. The zero-order valence-electron chi connectivity index (χ0n) is 9.45. The van der Waals surface area contributed by atoms with E-state index in [9.17, 15) is 4.79 Å². The molecule has 0 bridgehead atoms. The van der Waals surface area contributed by atoms with E-state index in [1.54, 1.807) is 0 Å². The van der Waals surface area contributed by atoms with Gasteiger partial charge in [-0.15, -0.1) is 0 Å². The molecule has 1 aromatic heterocycles. The predicted molar refractivity (Wildman–Crippen MR) is 66.3 cm³/mol. The molecule has 1 aromatic carbocycles. The highest BCUT2D eigenvalue weighted by Crippen LogP contribution is 2.29. The molecule has 1 aliphatic rings. The lowest BCUT2D eigenvalue weighted by Crippen LogP contribution is -2.50. The second-order valence-corrected chi connectivity index (χ2v) is 4.59. The number of amides is 1. The topological polar surface area (TPSA) is 64.1 Å². The fourth-order valence-corrected chi connectivity index (χ4v) is 2.30. The van der Waals surface area contributed by atoms with Gasteiger partial charge < -0.3 is 10.1 Å². The fraction of sp³-hybridized carbons (Fsp3) is 0.250. The molecule has 6 heteroatoms. The van der Waals surface area contributed by atoms with Gasteiger partial charge in [-0.05, 0) is 5.56 Å². The first kappa shape index (κ1) is 11.3. The van der Waals surface area contributed by atoms with E-state index in [1.807, 2.05) is 30.3 Å². The summed E-state index contributed by atoms with van der Waals surface area (Å²) in [6.07, 6.45) is 1.40. The van der Waals surface area contributed by atoms with Crippen molar-refractivity contribution >= 4 is 17.6 Å². The zero-order valence-corrected chi connectivity index (χ0v) is 10.3. The minimum Gasteiger partial charge on any atom is -0.369 e. The summed E-state index contributed by atoms with van der Waals surface area (Å²) in [5.41, 5.74) is 1.43. The SMILES string of the molecule is O=C(N[C@@H]1CO[C@H]1c1ccccc1)c1cnsn1. The van der Waals surface area contributed by atoms with Crippen LogP contribution in [0.3, 0.4) is 0 Å². The van der Waals surface area contributed by atoms with Gasteiger partial charge in [0.2, 0.25) is 0 Å². The number of nitrogens with zero attached hydrogens (tertiary/aromatic N) is 2. The van der Waals surface area contributed by atoms with Gasteiger partial charge in [-0.1, -0.05) is 30.3 Å². The molecular weight excluding hydrogens is 250 g/mol. The first-order valence-electron chi connectivity index (χ1n) is 5.59. The summed E-state index contributed by atoms with van der Waals surface area (Å²) in [6, 6.07) is 9.86. The van der Waals surface area contributed by atoms with E-state index >= 15 is 0 Å². The number of nitrogens with one attached hydrogen (secondary N) is 1. The van der Waals surface area contributed by atoms with Gasteiger partial charge >= 0.3 is 0 Å². The molecule has 3 rings (SSSR count). The predicted octanol–water partition coefficient (Wildman–Crippen LogP) is 1.41. The monoisotopic (exact) mass is 261 g/mol. The Kier molecular flexibility index (Phi) is 3.04. The first-order valence-corrected chi connectivity index (χ1v) is 6.32. The fourth-order valence-electron chi connectivity index (χ4n) is 1.88. The number of aromatic nitrogens is 2. The van der Waals surface area contributed by atoms with Crippen molar-refractivity contribution in [2.24, 2.45) is 0 Å². The van der Waals surface area contributed by atoms with Crippen LogP contribution in [0, 0.1) is 0 Å². The molecule has 2 aromatic rings. The van der Waals surface area contributed by atoms with E-state index in [2.05, 4.69) is 14.1 Å². The number of hydrogen-bond acceptors (Lipinski definition) is 5. The Morgan fingerprint density at radius 3 is 2.83 bits per heavy atom. The lowest BCUT2D eigenvalue weighted by molar-refractivity contribution is -0.0861. The lowest BCUT2D eigenvalue weighted by Gasteiger charge is -2.37. The highest BCUT2D eigenvalue weighted by atomic mass is 32.1. The quantitative estimate of drug-likeness (QED) is 0.907. The number of carbonyl (C=O) groups excluding carboxylic acids is 1. The molecule has 2 atom stereocenters. The van der Waals surface area contributed by atoms with Crippen LogP contribution in [0.1, 0.15) is 22.2 Å². The third-order valence-electron chi connectivity index (χ3n) is 2.86. The van der Waals surface area contributed by atoms with Gasteiger partial charge in [0.05, 0.1) is 30.6 Å². The Bertz CT molecular complexity index is 530. The lowest BCUT2D eigenvalue weighted by atomic mass is 9.98. The molecule has 0 aliphatic carbocycles. The van der Waals surface area contributed by atoms with Crippen LogP contribution in [-0.2, 0) is 4.74 Å². The molecule has 0 spiro atoms. The molecule has 2 heterocycles. The average Bonchev–Trinajstić information content (AvgIpc) is 2.89. The summed E-state index contributed by atoms with van der Waals surface area (Å²) in [4.78, 5) is 11.8. The third-order valence-corrected chi connectivity index (χ3v) is 3.34. The van der Waals surface area contributed by atoms with Crippen LogP contribution in [0.2, 0.25) is 0 Å². The molecule has 1 N–H and O–H groups in total. The molecule has 0 unspecified atom stereocenters. The molecule has 0 saturated carbocycles. The maximum Gasteiger partial charge on any atom is 0.273 e. The number of rotatable bonds is 3. The zero-order chi connectivity index (χ0) is 12.4. The minimum atomic E-state index is -0.196. The highest BCUT2D eigenvalue weighted by molar-refractivity contribution is 6.99. The number of carbonyl (C=O) groups is 1. The molecule has 1 aliphatic heterocycles. The Labute approximate surface area is 108 Å². The van der Waals surface area contributed by atoms with Gasteiger partial charge in [0.25, 0.3) is 5.91 Å². The van der Waals surface area contributed by atoms with Crippen LogP contribution in [-0.4, -0.2) is 27.3 Å². The Morgan fingerprint density at radius 1 is 1.39 bits per heavy atom. The summed E-state index contributed by atoms with van der Waals surface area (Å²) >= 11 is 1.03. The standard InChI is InChI=1S/C12H11N3O2S/c16-12(9-6-13-18-15-9)14-10-7-17-11(10)8-4-2-1-3-5-8/h1-6,10-11H,7H2,(H,14,16)/t10-,11+/m1/s1. The van der Waals surface area contributed by atoms with Crippen LogP contribution < -0.4 is 5.32 Å². The second kappa shape index (κ2) is 4.83. The van der Waals surface area contributed by atoms with Crippen LogP contribution in [0.4, 0.5) is 0 Å². The number of hydrogen-bond donors (Lipinski definition) is 1. The Balaban J connectivity index is 1.66. The summed E-state index contributed by atoms with van der Waals surface area (Å²) < 4.78 is 13.2. The first-order chi connectivity index (χ1) is 8.84. The molecule has 0 radical (unpaired) electrons. The number of ether oxygens (including phenoxy) is 1. The van der Waals surface area contributed by atoms with Crippen LogP contribution in [0.25, 0.3) is 0 Å². The van der Waals surface area contributed by atoms with Gasteiger partial charge in [-0.25, -0.2) is 0 Å². The van der Waals surface area contributed by atoms with Gasteiger partial charge in [-0.2, -0.15) is 8.75 Å². The van der Waals surface area contributed by atoms with Crippen molar-refractivity contribution in [1.82, 2.24) is 14.1 Å². The van der Waals surface area contributed by atoms with Crippen LogP contribution in [0.5, 0.6) is 0 Å². The smallest absolute Gasteiger partial charge is 0.273 e. The van der Waals surface area contributed by atoms with E-state index in [0.29, 0.717) is 12.3 Å². The maximum atomic E-state index is 11.8. The van der Waals surface area contributed by atoms with Crippen molar-refractivity contribution < 1.29 is 9.53 Å². The second-order valence-electron chi connectivity index (χ2n) is 4.04. The molecular formula is C12H11N3O2S.